The van der Waals surface area contributed by atoms with Gasteiger partial charge in [0.15, 0.2) is 5.78 Å². The van der Waals surface area contributed by atoms with Gasteiger partial charge in [0, 0.05) is 19.1 Å². The van der Waals surface area contributed by atoms with E-state index in [1.165, 1.54) is 0 Å². The third-order valence-electron chi connectivity index (χ3n) is 3.19. The number of fused-ring (bicyclic) bond motifs is 1. The molecule has 2 heterocycles. The van der Waals surface area contributed by atoms with Gasteiger partial charge in [-0.2, -0.15) is 0 Å². The van der Waals surface area contributed by atoms with Crippen LogP contribution in [-0.4, -0.2) is 28.8 Å². The molecule has 0 saturated carbocycles. The number of hydrogen-bond acceptors (Lipinski definition) is 4. The normalized spacial score (nSPS) is 15.1. The van der Waals surface area contributed by atoms with E-state index in [2.05, 4.69) is 23.7 Å². The summed E-state index contributed by atoms with van der Waals surface area (Å²) < 4.78 is 5.18. The van der Waals surface area contributed by atoms with E-state index in [1.807, 2.05) is 6.07 Å². The van der Waals surface area contributed by atoms with Crippen LogP contribution in [0.15, 0.2) is 6.07 Å². The summed E-state index contributed by atoms with van der Waals surface area (Å²) in [6.07, 6.45) is 0. The maximum atomic E-state index is 11.5. The summed E-state index contributed by atoms with van der Waals surface area (Å²) in [5.74, 6) is 0.446. The zero-order valence-corrected chi connectivity index (χ0v) is 10.8. The molecule has 1 aromatic rings. The largest absolute Gasteiger partial charge is 0.480 e. The first-order valence-corrected chi connectivity index (χ1v) is 5.84. The van der Waals surface area contributed by atoms with Gasteiger partial charge in [-0.3, -0.25) is 9.69 Å². The van der Waals surface area contributed by atoms with Gasteiger partial charge in [0.25, 0.3) is 0 Å². The van der Waals surface area contributed by atoms with E-state index < -0.39 is 0 Å². The lowest BCUT2D eigenvalue weighted by Gasteiger charge is -2.18. The molecular formula is C13H18N2O2. The fourth-order valence-corrected chi connectivity index (χ4v) is 2.09. The summed E-state index contributed by atoms with van der Waals surface area (Å²) in [7, 11) is 1.55. The number of rotatable bonds is 3. The van der Waals surface area contributed by atoms with Gasteiger partial charge in [-0.05, 0) is 32.4 Å². The minimum absolute atomic E-state index is 0.000136. The molecule has 0 atom stereocenters. The van der Waals surface area contributed by atoms with E-state index in [1.54, 1.807) is 14.0 Å². The maximum absolute atomic E-state index is 11.5. The lowest BCUT2D eigenvalue weighted by molar-refractivity contribution is 0.101. The molecule has 4 nitrogen and oxygen atoms in total. The van der Waals surface area contributed by atoms with Crippen LogP contribution in [0.3, 0.4) is 0 Å². The van der Waals surface area contributed by atoms with Gasteiger partial charge >= 0.3 is 0 Å². The monoisotopic (exact) mass is 234 g/mol. The zero-order valence-electron chi connectivity index (χ0n) is 10.8. The Balaban J connectivity index is 2.39. The Labute approximate surface area is 102 Å². The van der Waals surface area contributed by atoms with Crippen molar-refractivity contribution in [2.24, 2.45) is 0 Å². The Morgan fingerprint density at radius 3 is 2.71 bits per heavy atom. The topological polar surface area (TPSA) is 42.4 Å². The van der Waals surface area contributed by atoms with E-state index in [0.717, 1.165) is 24.3 Å². The molecule has 1 aromatic heterocycles. The summed E-state index contributed by atoms with van der Waals surface area (Å²) in [5.41, 5.74) is 2.75. The van der Waals surface area contributed by atoms with Crippen LogP contribution in [0.2, 0.25) is 0 Å². The molecule has 0 saturated heterocycles. The molecule has 0 amide bonds. The van der Waals surface area contributed by atoms with Gasteiger partial charge in [0.1, 0.15) is 0 Å². The van der Waals surface area contributed by atoms with Crippen LogP contribution in [0, 0.1) is 0 Å². The summed E-state index contributed by atoms with van der Waals surface area (Å²) in [6.45, 7) is 7.57. The Morgan fingerprint density at radius 1 is 1.47 bits per heavy atom. The molecule has 1 aliphatic rings. The predicted molar refractivity (Wildman–Crippen MR) is 65.2 cm³/mol. The number of hydrogen-bond donors (Lipinski definition) is 0. The smallest absolute Gasteiger partial charge is 0.224 e. The summed E-state index contributed by atoms with van der Waals surface area (Å²) in [6, 6.07) is 2.40. The molecule has 0 unspecified atom stereocenters. The number of pyridine rings is 1. The van der Waals surface area contributed by atoms with Gasteiger partial charge in [-0.25, -0.2) is 4.98 Å². The number of carbonyl (C=O) groups is 1. The second kappa shape index (κ2) is 4.45. The average molecular weight is 234 g/mol. The number of Topliss-reactive ketones (excluding diaryl/α,β-unsaturated/α-hetero) is 1. The molecular weight excluding hydrogens is 216 g/mol. The fourth-order valence-electron chi connectivity index (χ4n) is 2.09. The highest BCUT2D eigenvalue weighted by Crippen LogP contribution is 2.28. The Hall–Kier alpha value is -1.42. The van der Waals surface area contributed by atoms with Crippen molar-refractivity contribution in [3.8, 4) is 5.88 Å². The van der Waals surface area contributed by atoms with Crippen molar-refractivity contribution in [3.63, 3.8) is 0 Å². The van der Waals surface area contributed by atoms with Gasteiger partial charge in [-0.1, -0.05) is 0 Å². The van der Waals surface area contributed by atoms with Crippen molar-refractivity contribution in [1.29, 1.82) is 0 Å². The van der Waals surface area contributed by atoms with Crippen molar-refractivity contribution < 1.29 is 9.53 Å². The molecule has 0 N–H and O–H groups in total. The van der Waals surface area contributed by atoms with Gasteiger partial charge < -0.3 is 4.74 Å². The summed E-state index contributed by atoms with van der Waals surface area (Å²) in [4.78, 5) is 18.3. The zero-order chi connectivity index (χ0) is 12.6. The average Bonchev–Trinajstić information content (AvgIpc) is 2.69. The molecule has 0 radical (unpaired) electrons. The first kappa shape index (κ1) is 12.0. The number of nitrogens with zero attached hydrogens (tertiary/aromatic N) is 2. The lowest BCUT2D eigenvalue weighted by atomic mass is 10.1. The highest BCUT2D eigenvalue weighted by Gasteiger charge is 2.25. The van der Waals surface area contributed by atoms with Crippen molar-refractivity contribution in [2.75, 3.05) is 7.11 Å². The second-order valence-corrected chi connectivity index (χ2v) is 4.71. The van der Waals surface area contributed by atoms with Gasteiger partial charge in [0.2, 0.25) is 5.88 Å². The van der Waals surface area contributed by atoms with Crippen molar-refractivity contribution in [3.05, 3.63) is 22.9 Å². The third-order valence-corrected chi connectivity index (χ3v) is 3.19. The highest BCUT2D eigenvalue weighted by molar-refractivity contribution is 5.96. The molecule has 0 fully saturated rings. The Kier molecular flexibility index (Phi) is 3.15. The first-order valence-electron chi connectivity index (χ1n) is 5.84. The van der Waals surface area contributed by atoms with Crippen molar-refractivity contribution in [1.82, 2.24) is 9.88 Å². The van der Waals surface area contributed by atoms with E-state index in [0.29, 0.717) is 17.5 Å². The van der Waals surface area contributed by atoms with E-state index in [-0.39, 0.29) is 5.78 Å². The van der Waals surface area contributed by atoms with Crippen LogP contribution in [0.4, 0.5) is 0 Å². The van der Waals surface area contributed by atoms with Crippen molar-refractivity contribution in [2.45, 2.75) is 39.9 Å². The SMILES string of the molecule is COc1nc2c(cc1C(C)=O)CN(C(C)C)C2. The number of methoxy groups -OCH3 is 1. The second-order valence-electron chi connectivity index (χ2n) is 4.71. The molecule has 92 valence electrons. The molecule has 0 aromatic carbocycles. The minimum Gasteiger partial charge on any atom is -0.480 e. The molecule has 0 bridgehead atoms. The number of carbonyl (C=O) groups excluding carboxylic acids is 1. The van der Waals surface area contributed by atoms with Crippen LogP contribution in [0.5, 0.6) is 5.88 Å². The van der Waals surface area contributed by atoms with Crippen LogP contribution in [-0.2, 0) is 13.1 Å². The molecule has 0 spiro atoms. The summed E-state index contributed by atoms with van der Waals surface area (Å²) >= 11 is 0. The number of ketones is 1. The number of ether oxygens (including phenoxy) is 1. The Bertz CT molecular complexity index is 455. The number of aromatic nitrogens is 1. The highest BCUT2D eigenvalue weighted by atomic mass is 16.5. The van der Waals surface area contributed by atoms with Crippen LogP contribution < -0.4 is 4.74 Å². The first-order chi connectivity index (χ1) is 8.02. The maximum Gasteiger partial charge on any atom is 0.224 e. The van der Waals surface area contributed by atoms with Crippen LogP contribution in [0.1, 0.15) is 42.4 Å². The standard InChI is InChI=1S/C13H18N2O2/c1-8(2)15-6-10-5-11(9(3)16)13(17-4)14-12(10)7-15/h5,8H,6-7H2,1-4H3. The van der Waals surface area contributed by atoms with E-state index >= 15 is 0 Å². The molecule has 0 aliphatic carbocycles. The third kappa shape index (κ3) is 2.17. The fraction of sp³-hybridized carbons (Fsp3) is 0.538. The van der Waals surface area contributed by atoms with E-state index in [9.17, 15) is 4.79 Å². The van der Waals surface area contributed by atoms with Crippen LogP contribution >= 0.6 is 0 Å². The molecule has 1 aliphatic heterocycles. The molecule has 4 heteroatoms. The van der Waals surface area contributed by atoms with Crippen molar-refractivity contribution >= 4 is 5.78 Å². The van der Waals surface area contributed by atoms with Gasteiger partial charge in [-0.15, -0.1) is 0 Å². The Morgan fingerprint density at radius 2 is 2.18 bits per heavy atom. The quantitative estimate of drug-likeness (QED) is 0.750. The van der Waals surface area contributed by atoms with Crippen LogP contribution in [0.25, 0.3) is 0 Å². The molecule has 2 rings (SSSR count). The summed E-state index contributed by atoms with van der Waals surface area (Å²) in [5, 5.41) is 0. The van der Waals surface area contributed by atoms with E-state index in [4.69, 9.17) is 4.74 Å². The lowest BCUT2D eigenvalue weighted by Crippen LogP contribution is -2.24. The van der Waals surface area contributed by atoms with Gasteiger partial charge in [0.05, 0.1) is 18.4 Å². The molecule has 17 heavy (non-hydrogen) atoms. The minimum atomic E-state index is 0.000136. The predicted octanol–water partition coefficient (Wildman–Crippen LogP) is 2.02.